The quantitative estimate of drug-likeness (QED) is 0.623. The zero-order chi connectivity index (χ0) is 21.4. The summed E-state index contributed by atoms with van der Waals surface area (Å²) < 4.78 is 5.62. The first-order chi connectivity index (χ1) is 13.8. The lowest BCUT2D eigenvalue weighted by Crippen LogP contribution is -2.50. The Morgan fingerprint density at radius 2 is 1.90 bits per heavy atom. The summed E-state index contributed by atoms with van der Waals surface area (Å²) >= 11 is 12.0. The molecule has 2 amide bonds. The van der Waals surface area contributed by atoms with Gasteiger partial charge in [-0.2, -0.15) is 0 Å². The first-order valence-corrected chi connectivity index (χ1v) is 10.3. The summed E-state index contributed by atoms with van der Waals surface area (Å²) in [6.45, 7) is 6.30. The normalized spacial score (nSPS) is 11.6. The average Bonchev–Trinajstić information content (AvgIpc) is 2.67. The van der Waals surface area contributed by atoms with Crippen molar-refractivity contribution >= 4 is 35.0 Å². The lowest BCUT2D eigenvalue weighted by Gasteiger charge is -2.30. The number of benzene rings is 2. The Labute approximate surface area is 181 Å². The minimum Gasteiger partial charge on any atom is -0.482 e. The second-order valence-electron chi connectivity index (χ2n) is 6.69. The SMILES string of the molecule is CCNC(=O)[C@H](CC)N(Cc1cccc(C)c1)C(=O)COc1ccc(Cl)cc1Cl. The molecule has 0 saturated carbocycles. The fraction of sp³-hybridized carbons (Fsp3) is 0.364. The summed E-state index contributed by atoms with van der Waals surface area (Å²) in [5.41, 5.74) is 2.04. The van der Waals surface area contributed by atoms with Gasteiger partial charge in [-0.05, 0) is 44.0 Å². The van der Waals surface area contributed by atoms with Crippen LogP contribution in [0.4, 0.5) is 0 Å². The van der Waals surface area contributed by atoms with Crippen LogP contribution in [0.5, 0.6) is 5.75 Å². The van der Waals surface area contributed by atoms with Gasteiger partial charge in [0.15, 0.2) is 6.61 Å². The number of nitrogens with zero attached hydrogens (tertiary/aromatic N) is 1. The molecule has 156 valence electrons. The van der Waals surface area contributed by atoms with Crippen LogP contribution in [0.3, 0.4) is 0 Å². The second kappa shape index (κ2) is 11.1. The van der Waals surface area contributed by atoms with Crippen LogP contribution in [-0.2, 0) is 16.1 Å². The molecule has 0 heterocycles. The van der Waals surface area contributed by atoms with Crippen molar-refractivity contribution in [1.29, 1.82) is 0 Å². The van der Waals surface area contributed by atoms with Crippen molar-refractivity contribution in [3.8, 4) is 5.75 Å². The standard InChI is InChI=1S/C22H26Cl2N2O3/c1-4-19(22(28)25-5-2)26(13-16-8-6-7-15(3)11-16)21(27)14-29-20-10-9-17(23)12-18(20)24/h6-12,19H,4-5,13-14H2,1-3H3,(H,25,28)/t19-/m0/s1. The third-order valence-electron chi connectivity index (χ3n) is 4.42. The van der Waals surface area contributed by atoms with Crippen LogP contribution < -0.4 is 10.1 Å². The van der Waals surface area contributed by atoms with Gasteiger partial charge in [-0.25, -0.2) is 0 Å². The summed E-state index contributed by atoms with van der Waals surface area (Å²) in [7, 11) is 0. The number of likely N-dealkylation sites (N-methyl/N-ethyl adjacent to an activating group) is 1. The van der Waals surface area contributed by atoms with Gasteiger partial charge >= 0.3 is 0 Å². The molecule has 0 saturated heterocycles. The molecule has 0 bridgehead atoms. The lowest BCUT2D eigenvalue weighted by atomic mass is 10.1. The summed E-state index contributed by atoms with van der Waals surface area (Å²) in [5.74, 6) is -0.109. The number of nitrogens with one attached hydrogen (secondary N) is 1. The van der Waals surface area contributed by atoms with E-state index in [0.29, 0.717) is 35.3 Å². The Kier molecular flexibility index (Phi) is 8.80. The molecule has 0 spiro atoms. The van der Waals surface area contributed by atoms with Gasteiger partial charge in [0.05, 0.1) is 5.02 Å². The van der Waals surface area contributed by atoms with Crippen LogP contribution in [0.2, 0.25) is 10.0 Å². The van der Waals surface area contributed by atoms with Crippen molar-refractivity contribution in [3.63, 3.8) is 0 Å². The van der Waals surface area contributed by atoms with Crippen molar-refractivity contribution < 1.29 is 14.3 Å². The van der Waals surface area contributed by atoms with E-state index in [0.717, 1.165) is 11.1 Å². The summed E-state index contributed by atoms with van der Waals surface area (Å²) in [5, 5.41) is 3.62. The number of carbonyl (C=O) groups is 2. The Hall–Kier alpha value is -2.24. The molecule has 5 nitrogen and oxygen atoms in total. The number of hydrogen-bond donors (Lipinski definition) is 1. The molecule has 0 unspecified atom stereocenters. The highest BCUT2D eigenvalue weighted by Crippen LogP contribution is 2.27. The van der Waals surface area contributed by atoms with Gasteiger partial charge in [-0.15, -0.1) is 0 Å². The van der Waals surface area contributed by atoms with Crippen LogP contribution in [0.25, 0.3) is 0 Å². The van der Waals surface area contributed by atoms with Gasteiger partial charge in [0.2, 0.25) is 5.91 Å². The van der Waals surface area contributed by atoms with E-state index in [4.69, 9.17) is 27.9 Å². The Morgan fingerprint density at radius 1 is 1.14 bits per heavy atom. The third-order valence-corrected chi connectivity index (χ3v) is 4.95. The first-order valence-electron chi connectivity index (χ1n) is 9.56. The number of carbonyl (C=O) groups excluding carboxylic acids is 2. The minimum absolute atomic E-state index is 0.180. The van der Waals surface area contributed by atoms with E-state index in [1.54, 1.807) is 23.1 Å². The zero-order valence-electron chi connectivity index (χ0n) is 16.9. The highest BCUT2D eigenvalue weighted by atomic mass is 35.5. The van der Waals surface area contributed by atoms with Crippen molar-refractivity contribution in [1.82, 2.24) is 10.2 Å². The van der Waals surface area contributed by atoms with E-state index in [9.17, 15) is 9.59 Å². The molecule has 0 aliphatic heterocycles. The Balaban J connectivity index is 2.22. The third kappa shape index (κ3) is 6.65. The number of amides is 2. The smallest absolute Gasteiger partial charge is 0.261 e. The summed E-state index contributed by atoms with van der Waals surface area (Å²) in [6.07, 6.45) is 0.491. The minimum atomic E-state index is -0.591. The maximum Gasteiger partial charge on any atom is 0.261 e. The van der Waals surface area contributed by atoms with E-state index in [2.05, 4.69) is 5.32 Å². The van der Waals surface area contributed by atoms with E-state index in [1.807, 2.05) is 45.0 Å². The van der Waals surface area contributed by atoms with Crippen molar-refractivity contribution in [2.75, 3.05) is 13.2 Å². The number of halogens is 2. The van der Waals surface area contributed by atoms with Gasteiger partial charge in [0, 0.05) is 18.1 Å². The van der Waals surface area contributed by atoms with Crippen LogP contribution in [0, 0.1) is 6.92 Å². The molecule has 2 rings (SSSR count). The van der Waals surface area contributed by atoms with Crippen LogP contribution in [0.15, 0.2) is 42.5 Å². The topological polar surface area (TPSA) is 58.6 Å². The van der Waals surface area contributed by atoms with Gasteiger partial charge < -0.3 is 15.0 Å². The second-order valence-corrected chi connectivity index (χ2v) is 7.54. The number of rotatable bonds is 9. The molecule has 1 N–H and O–H groups in total. The first kappa shape index (κ1) is 23.0. The largest absolute Gasteiger partial charge is 0.482 e. The fourth-order valence-corrected chi connectivity index (χ4v) is 3.50. The lowest BCUT2D eigenvalue weighted by molar-refractivity contribution is -0.142. The van der Waals surface area contributed by atoms with Crippen molar-refractivity contribution in [2.45, 2.75) is 39.8 Å². The molecule has 0 aromatic heterocycles. The number of aryl methyl sites for hydroxylation is 1. The molecule has 0 fully saturated rings. The molecule has 0 aliphatic carbocycles. The fourth-order valence-electron chi connectivity index (χ4n) is 3.03. The predicted molar refractivity (Wildman–Crippen MR) is 116 cm³/mol. The molecule has 7 heteroatoms. The number of hydrogen-bond acceptors (Lipinski definition) is 3. The van der Waals surface area contributed by atoms with Crippen LogP contribution in [0.1, 0.15) is 31.4 Å². The average molecular weight is 437 g/mol. The number of ether oxygens (including phenoxy) is 1. The van der Waals surface area contributed by atoms with Crippen LogP contribution >= 0.6 is 23.2 Å². The molecule has 0 aliphatic rings. The monoisotopic (exact) mass is 436 g/mol. The Morgan fingerprint density at radius 3 is 2.52 bits per heavy atom. The Bertz CT molecular complexity index is 858. The van der Waals surface area contributed by atoms with E-state index in [-0.39, 0.29) is 18.4 Å². The van der Waals surface area contributed by atoms with Gasteiger partial charge in [0.25, 0.3) is 5.91 Å². The maximum absolute atomic E-state index is 13.0. The summed E-state index contributed by atoms with van der Waals surface area (Å²) in [6, 6.07) is 12.1. The molecular weight excluding hydrogens is 411 g/mol. The van der Waals surface area contributed by atoms with Crippen LogP contribution in [-0.4, -0.2) is 35.9 Å². The highest BCUT2D eigenvalue weighted by Gasteiger charge is 2.28. The molecule has 2 aromatic rings. The highest BCUT2D eigenvalue weighted by molar-refractivity contribution is 6.35. The zero-order valence-corrected chi connectivity index (χ0v) is 18.4. The summed E-state index contributed by atoms with van der Waals surface area (Å²) in [4.78, 5) is 27.2. The van der Waals surface area contributed by atoms with E-state index < -0.39 is 6.04 Å². The van der Waals surface area contributed by atoms with Gasteiger partial charge in [0.1, 0.15) is 11.8 Å². The van der Waals surface area contributed by atoms with Crippen molar-refractivity contribution in [3.05, 3.63) is 63.6 Å². The predicted octanol–water partition coefficient (Wildman–Crippen LogP) is 4.62. The maximum atomic E-state index is 13.0. The van der Waals surface area contributed by atoms with Gasteiger partial charge in [-0.3, -0.25) is 9.59 Å². The molecule has 0 radical (unpaired) electrons. The molecular formula is C22H26Cl2N2O3. The molecule has 29 heavy (non-hydrogen) atoms. The molecule has 2 aromatic carbocycles. The molecule has 1 atom stereocenters. The van der Waals surface area contributed by atoms with Crippen molar-refractivity contribution in [2.24, 2.45) is 0 Å². The van der Waals surface area contributed by atoms with E-state index >= 15 is 0 Å². The van der Waals surface area contributed by atoms with Gasteiger partial charge in [-0.1, -0.05) is 60.0 Å². The van der Waals surface area contributed by atoms with E-state index in [1.165, 1.54) is 0 Å².